The summed E-state index contributed by atoms with van der Waals surface area (Å²) in [6, 6.07) is 1.77. The minimum atomic E-state index is -3.35. The number of rotatable bonds is 8. The maximum Gasteiger partial charge on any atom is 0.242 e. The standard InChI is InChI=1S/C13H23N3O2S/c1-3-6-16-10-13(7-12(16)9-14-2)19(17,18)15-8-11-4-5-11/h7,10-11,14-15H,3-6,8-9H2,1-2H3. The van der Waals surface area contributed by atoms with Gasteiger partial charge in [-0.3, -0.25) is 0 Å². The zero-order chi connectivity index (χ0) is 13.9. The quantitative estimate of drug-likeness (QED) is 0.757. The van der Waals surface area contributed by atoms with Gasteiger partial charge in [0.05, 0.1) is 4.90 Å². The fourth-order valence-electron chi connectivity index (χ4n) is 2.08. The van der Waals surface area contributed by atoms with Gasteiger partial charge in [0.2, 0.25) is 10.0 Å². The first-order valence-corrected chi connectivity index (χ1v) is 8.38. The van der Waals surface area contributed by atoms with Gasteiger partial charge in [0.1, 0.15) is 0 Å². The molecular formula is C13H23N3O2S. The molecule has 0 amide bonds. The second-order valence-electron chi connectivity index (χ2n) is 5.19. The Bertz CT molecular complexity index is 494. The van der Waals surface area contributed by atoms with Crippen LogP contribution in [0, 0.1) is 5.92 Å². The van der Waals surface area contributed by atoms with Crippen LogP contribution < -0.4 is 10.0 Å². The maximum atomic E-state index is 12.2. The molecule has 1 fully saturated rings. The van der Waals surface area contributed by atoms with Crippen molar-refractivity contribution in [3.05, 3.63) is 18.0 Å². The van der Waals surface area contributed by atoms with Crippen LogP contribution in [0.3, 0.4) is 0 Å². The van der Waals surface area contributed by atoms with Gasteiger partial charge in [0.15, 0.2) is 0 Å². The van der Waals surface area contributed by atoms with Crippen molar-refractivity contribution in [2.75, 3.05) is 13.6 Å². The lowest BCUT2D eigenvalue weighted by molar-refractivity contribution is 0.576. The molecule has 0 aromatic carbocycles. The van der Waals surface area contributed by atoms with E-state index < -0.39 is 10.0 Å². The van der Waals surface area contributed by atoms with E-state index >= 15 is 0 Å². The third kappa shape index (κ3) is 3.81. The van der Waals surface area contributed by atoms with E-state index in [1.807, 2.05) is 11.6 Å². The van der Waals surface area contributed by atoms with Gasteiger partial charge < -0.3 is 9.88 Å². The fraction of sp³-hybridized carbons (Fsp3) is 0.692. The van der Waals surface area contributed by atoms with E-state index in [9.17, 15) is 8.42 Å². The SMILES string of the molecule is CCCn1cc(S(=O)(=O)NCC2CC2)cc1CNC. The van der Waals surface area contributed by atoms with Crippen molar-refractivity contribution >= 4 is 10.0 Å². The van der Waals surface area contributed by atoms with Crippen LogP contribution in [0.5, 0.6) is 0 Å². The predicted molar refractivity (Wildman–Crippen MR) is 75.4 cm³/mol. The van der Waals surface area contributed by atoms with E-state index in [1.165, 1.54) is 0 Å². The molecule has 0 atom stereocenters. The molecule has 6 heteroatoms. The number of hydrogen-bond donors (Lipinski definition) is 2. The Morgan fingerprint density at radius 2 is 2.16 bits per heavy atom. The average Bonchev–Trinajstić information content (AvgIpc) is 3.11. The molecule has 0 saturated heterocycles. The Labute approximate surface area is 115 Å². The Morgan fingerprint density at radius 3 is 2.74 bits per heavy atom. The molecule has 0 bridgehead atoms. The summed E-state index contributed by atoms with van der Waals surface area (Å²) in [7, 11) is -1.49. The first kappa shape index (κ1) is 14.6. The molecule has 2 N–H and O–H groups in total. The molecule has 1 aromatic rings. The third-order valence-corrected chi connectivity index (χ3v) is 4.74. The molecule has 1 aliphatic rings. The van der Waals surface area contributed by atoms with Gasteiger partial charge in [-0.25, -0.2) is 13.1 Å². The lowest BCUT2D eigenvalue weighted by Gasteiger charge is -2.06. The minimum absolute atomic E-state index is 0.381. The van der Waals surface area contributed by atoms with Crippen LogP contribution in [-0.4, -0.2) is 26.6 Å². The largest absolute Gasteiger partial charge is 0.349 e. The van der Waals surface area contributed by atoms with Crippen LogP contribution >= 0.6 is 0 Å². The lowest BCUT2D eigenvalue weighted by Crippen LogP contribution is -2.25. The Hall–Kier alpha value is -0.850. The predicted octanol–water partition coefficient (Wildman–Crippen LogP) is 1.31. The maximum absolute atomic E-state index is 12.2. The monoisotopic (exact) mass is 285 g/mol. The molecule has 1 aromatic heterocycles. The number of nitrogens with one attached hydrogen (secondary N) is 2. The summed E-state index contributed by atoms with van der Waals surface area (Å²) in [6.07, 6.45) is 5.01. The Kier molecular flexibility index (Phi) is 4.65. The number of sulfonamides is 1. The van der Waals surface area contributed by atoms with Crippen molar-refractivity contribution in [3.8, 4) is 0 Å². The van der Waals surface area contributed by atoms with Crippen LogP contribution in [0.25, 0.3) is 0 Å². The second-order valence-corrected chi connectivity index (χ2v) is 6.95. The van der Waals surface area contributed by atoms with Crippen LogP contribution in [-0.2, 0) is 23.1 Å². The van der Waals surface area contributed by atoms with Gasteiger partial charge in [0.25, 0.3) is 0 Å². The fourth-order valence-corrected chi connectivity index (χ4v) is 3.26. The Balaban J connectivity index is 2.15. The first-order valence-electron chi connectivity index (χ1n) is 6.90. The summed E-state index contributed by atoms with van der Waals surface area (Å²) >= 11 is 0. The van der Waals surface area contributed by atoms with E-state index in [-0.39, 0.29) is 0 Å². The third-order valence-electron chi connectivity index (χ3n) is 3.35. The molecule has 19 heavy (non-hydrogen) atoms. The molecule has 5 nitrogen and oxygen atoms in total. The van der Waals surface area contributed by atoms with E-state index in [0.29, 0.717) is 23.9 Å². The van der Waals surface area contributed by atoms with Crippen molar-refractivity contribution in [1.82, 2.24) is 14.6 Å². The molecular weight excluding hydrogens is 262 g/mol. The van der Waals surface area contributed by atoms with E-state index in [1.54, 1.807) is 12.3 Å². The van der Waals surface area contributed by atoms with Gasteiger partial charge in [-0.15, -0.1) is 0 Å². The number of hydrogen-bond acceptors (Lipinski definition) is 3. The molecule has 1 saturated carbocycles. The van der Waals surface area contributed by atoms with Gasteiger partial charge in [-0.2, -0.15) is 0 Å². The summed E-state index contributed by atoms with van der Waals surface area (Å²) < 4.78 is 29.1. The van der Waals surface area contributed by atoms with Crippen molar-refractivity contribution in [2.45, 2.75) is 44.2 Å². The molecule has 0 aliphatic heterocycles. The van der Waals surface area contributed by atoms with E-state index in [2.05, 4.69) is 17.0 Å². The molecule has 2 rings (SSSR count). The first-order chi connectivity index (χ1) is 9.06. The van der Waals surface area contributed by atoms with Gasteiger partial charge in [0, 0.05) is 31.5 Å². The van der Waals surface area contributed by atoms with Crippen molar-refractivity contribution in [1.29, 1.82) is 0 Å². The summed E-state index contributed by atoms with van der Waals surface area (Å²) in [4.78, 5) is 0.381. The van der Waals surface area contributed by atoms with Crippen LogP contribution in [0.1, 0.15) is 31.9 Å². The summed E-state index contributed by atoms with van der Waals surface area (Å²) in [5, 5.41) is 3.07. The molecule has 0 radical (unpaired) electrons. The van der Waals surface area contributed by atoms with Crippen molar-refractivity contribution < 1.29 is 8.42 Å². The highest BCUT2D eigenvalue weighted by Gasteiger charge is 2.25. The van der Waals surface area contributed by atoms with Crippen molar-refractivity contribution in [2.24, 2.45) is 5.92 Å². The van der Waals surface area contributed by atoms with Crippen LogP contribution in [0.2, 0.25) is 0 Å². The van der Waals surface area contributed by atoms with E-state index in [0.717, 1.165) is 31.5 Å². The highest BCUT2D eigenvalue weighted by Crippen LogP contribution is 2.28. The van der Waals surface area contributed by atoms with Crippen LogP contribution in [0.4, 0.5) is 0 Å². The summed E-state index contributed by atoms with van der Waals surface area (Å²) in [6.45, 7) is 4.18. The zero-order valence-electron chi connectivity index (χ0n) is 11.6. The van der Waals surface area contributed by atoms with Crippen molar-refractivity contribution in [3.63, 3.8) is 0 Å². The normalized spacial score (nSPS) is 15.9. The molecule has 1 aliphatic carbocycles. The highest BCUT2D eigenvalue weighted by atomic mass is 32.2. The average molecular weight is 285 g/mol. The van der Waals surface area contributed by atoms with Gasteiger partial charge >= 0.3 is 0 Å². The second kappa shape index (κ2) is 6.07. The smallest absolute Gasteiger partial charge is 0.242 e. The summed E-state index contributed by atoms with van der Waals surface area (Å²) in [5.74, 6) is 0.546. The number of aryl methyl sites for hydroxylation is 1. The molecule has 108 valence electrons. The lowest BCUT2D eigenvalue weighted by atomic mass is 10.4. The molecule has 1 heterocycles. The Morgan fingerprint density at radius 1 is 1.42 bits per heavy atom. The topological polar surface area (TPSA) is 63.1 Å². The van der Waals surface area contributed by atoms with E-state index in [4.69, 9.17) is 0 Å². The van der Waals surface area contributed by atoms with Gasteiger partial charge in [-0.05, 0) is 38.3 Å². The van der Waals surface area contributed by atoms with Gasteiger partial charge in [-0.1, -0.05) is 6.92 Å². The van der Waals surface area contributed by atoms with Crippen LogP contribution in [0.15, 0.2) is 17.2 Å². The number of nitrogens with zero attached hydrogens (tertiary/aromatic N) is 1. The minimum Gasteiger partial charge on any atom is -0.349 e. The zero-order valence-corrected chi connectivity index (χ0v) is 12.5. The summed E-state index contributed by atoms with van der Waals surface area (Å²) in [5.41, 5.74) is 1.01. The highest BCUT2D eigenvalue weighted by molar-refractivity contribution is 7.89. The molecule has 0 spiro atoms. The number of aromatic nitrogens is 1. The molecule has 0 unspecified atom stereocenters.